The third kappa shape index (κ3) is 7.97. The van der Waals surface area contributed by atoms with Crippen molar-refractivity contribution in [2.24, 2.45) is 5.92 Å². The van der Waals surface area contributed by atoms with Crippen molar-refractivity contribution in [1.29, 1.82) is 0 Å². The van der Waals surface area contributed by atoms with Crippen LogP contribution in [0.2, 0.25) is 0 Å². The van der Waals surface area contributed by atoms with E-state index in [1.54, 1.807) is 27.7 Å². The Balaban J connectivity index is 2.48. The van der Waals surface area contributed by atoms with E-state index in [2.05, 4.69) is 10.9 Å². The summed E-state index contributed by atoms with van der Waals surface area (Å²) in [4.78, 5) is 23.2. The molecule has 0 radical (unpaired) electrons. The molecule has 2 N–H and O–H groups in total. The largest absolute Gasteiger partial charge is 0.466 e. The number of rotatable bonds is 7. The normalized spacial score (nSPS) is 12.4. The molecule has 0 aliphatic heterocycles. The predicted molar refractivity (Wildman–Crippen MR) is 92.2 cm³/mol. The van der Waals surface area contributed by atoms with Crippen molar-refractivity contribution in [3.63, 3.8) is 0 Å². The number of nitrogens with one attached hydrogen (secondary N) is 2. The summed E-state index contributed by atoms with van der Waals surface area (Å²) in [5, 5.41) is 0. The molecule has 0 aliphatic rings. The van der Waals surface area contributed by atoms with Crippen LogP contribution in [0.3, 0.4) is 0 Å². The molecule has 0 bridgehead atoms. The fourth-order valence-corrected chi connectivity index (χ4v) is 2.11. The molecule has 1 unspecified atom stereocenters. The lowest BCUT2D eigenvalue weighted by molar-refractivity contribution is -0.147. The van der Waals surface area contributed by atoms with Gasteiger partial charge in [-0.25, -0.2) is 10.2 Å². The second-order valence-corrected chi connectivity index (χ2v) is 6.66. The summed E-state index contributed by atoms with van der Waals surface area (Å²) in [6.07, 6.45) is 0.0983. The number of carbonyl (C=O) groups is 2. The van der Waals surface area contributed by atoms with E-state index in [1.807, 2.05) is 31.2 Å². The number of hydrogen-bond donors (Lipinski definition) is 2. The Bertz CT molecular complexity index is 552. The first-order valence-corrected chi connectivity index (χ1v) is 8.17. The average molecular weight is 336 g/mol. The highest BCUT2D eigenvalue weighted by molar-refractivity contribution is 5.72. The molecule has 6 nitrogen and oxygen atoms in total. The number of esters is 1. The van der Waals surface area contributed by atoms with Crippen LogP contribution in [-0.4, -0.2) is 24.3 Å². The number of ether oxygens (including phenoxy) is 2. The molecule has 0 fully saturated rings. The van der Waals surface area contributed by atoms with Gasteiger partial charge in [-0.2, -0.15) is 0 Å². The highest BCUT2D eigenvalue weighted by Crippen LogP contribution is 2.12. The Hall–Kier alpha value is -2.08. The number of amides is 1. The number of hydrogen-bond acceptors (Lipinski definition) is 5. The molecule has 1 aromatic rings. The molecule has 0 spiro atoms. The minimum atomic E-state index is -0.533. The van der Waals surface area contributed by atoms with Gasteiger partial charge < -0.3 is 9.47 Å². The van der Waals surface area contributed by atoms with Gasteiger partial charge in [-0.1, -0.05) is 31.2 Å². The van der Waals surface area contributed by atoms with Crippen LogP contribution in [0.1, 0.15) is 45.7 Å². The van der Waals surface area contributed by atoms with Crippen LogP contribution in [0.4, 0.5) is 4.79 Å². The van der Waals surface area contributed by atoms with E-state index in [0.717, 1.165) is 11.1 Å². The van der Waals surface area contributed by atoms with Gasteiger partial charge in [0.2, 0.25) is 0 Å². The molecule has 0 aliphatic carbocycles. The molecule has 1 aromatic carbocycles. The fourth-order valence-electron chi connectivity index (χ4n) is 2.11. The first kappa shape index (κ1) is 20.0. The maximum Gasteiger partial charge on any atom is 0.422 e. The van der Waals surface area contributed by atoms with E-state index in [9.17, 15) is 9.59 Å². The van der Waals surface area contributed by atoms with Crippen LogP contribution in [0.5, 0.6) is 0 Å². The molecule has 134 valence electrons. The van der Waals surface area contributed by atoms with Crippen LogP contribution in [-0.2, 0) is 27.2 Å². The molecule has 6 heteroatoms. The van der Waals surface area contributed by atoms with Gasteiger partial charge in [-0.15, -0.1) is 0 Å². The third-order valence-electron chi connectivity index (χ3n) is 3.10. The van der Waals surface area contributed by atoms with Crippen molar-refractivity contribution in [3.8, 4) is 0 Å². The molecule has 0 aromatic heterocycles. The summed E-state index contributed by atoms with van der Waals surface area (Å²) >= 11 is 0. The molecule has 0 saturated carbocycles. The molecule has 1 amide bonds. The lowest BCUT2D eigenvalue weighted by atomic mass is 9.99. The fraction of sp³-hybridized carbons (Fsp3) is 0.556. The average Bonchev–Trinajstić information content (AvgIpc) is 2.46. The SMILES string of the molecule is CCOC(=O)C(C)Cc1cccc(CNNC(=O)OC(C)(C)C)c1. The van der Waals surface area contributed by atoms with Gasteiger partial charge in [-0.3, -0.25) is 10.2 Å². The Labute approximate surface area is 143 Å². The number of carbonyl (C=O) groups excluding carboxylic acids is 2. The topological polar surface area (TPSA) is 76.7 Å². The van der Waals surface area contributed by atoms with Gasteiger partial charge >= 0.3 is 12.1 Å². The minimum absolute atomic E-state index is 0.187. The Kier molecular flexibility index (Phi) is 7.71. The zero-order valence-corrected chi connectivity index (χ0v) is 15.1. The first-order valence-electron chi connectivity index (χ1n) is 8.17. The first-order chi connectivity index (χ1) is 11.2. The Morgan fingerprint density at radius 1 is 1.21 bits per heavy atom. The Morgan fingerprint density at radius 3 is 2.50 bits per heavy atom. The summed E-state index contributed by atoms with van der Waals surface area (Å²) in [5.41, 5.74) is 6.84. The van der Waals surface area contributed by atoms with Crippen LogP contribution in [0.15, 0.2) is 24.3 Å². The molecule has 24 heavy (non-hydrogen) atoms. The van der Waals surface area contributed by atoms with E-state index in [0.29, 0.717) is 19.6 Å². The Morgan fingerprint density at radius 2 is 1.88 bits per heavy atom. The van der Waals surface area contributed by atoms with Crippen molar-refractivity contribution in [2.75, 3.05) is 6.61 Å². The summed E-state index contributed by atoms with van der Waals surface area (Å²) < 4.78 is 10.2. The maximum absolute atomic E-state index is 11.7. The molecule has 1 rings (SSSR count). The van der Waals surface area contributed by atoms with Crippen molar-refractivity contribution < 1.29 is 19.1 Å². The van der Waals surface area contributed by atoms with Gasteiger partial charge in [0.25, 0.3) is 0 Å². The molecular weight excluding hydrogens is 308 g/mol. The molecule has 0 heterocycles. The van der Waals surface area contributed by atoms with E-state index in [-0.39, 0.29) is 11.9 Å². The van der Waals surface area contributed by atoms with Crippen LogP contribution < -0.4 is 10.9 Å². The minimum Gasteiger partial charge on any atom is -0.466 e. The van der Waals surface area contributed by atoms with Crippen LogP contribution in [0, 0.1) is 5.92 Å². The standard InChI is InChI=1S/C18H28N2O4/c1-6-23-16(21)13(2)10-14-8-7-9-15(11-14)12-19-20-17(22)24-18(3,4)5/h7-9,11,13,19H,6,10,12H2,1-5H3,(H,20,22). The van der Waals surface area contributed by atoms with Gasteiger partial charge in [0.1, 0.15) is 5.60 Å². The third-order valence-corrected chi connectivity index (χ3v) is 3.10. The molecule has 0 saturated heterocycles. The smallest absolute Gasteiger partial charge is 0.422 e. The lowest BCUT2D eigenvalue weighted by Crippen LogP contribution is -2.40. The van der Waals surface area contributed by atoms with Gasteiger partial charge in [0, 0.05) is 6.54 Å². The quantitative estimate of drug-likeness (QED) is 0.591. The van der Waals surface area contributed by atoms with Crippen LogP contribution in [0.25, 0.3) is 0 Å². The van der Waals surface area contributed by atoms with Gasteiger partial charge in [0.05, 0.1) is 12.5 Å². The summed E-state index contributed by atoms with van der Waals surface area (Å²) in [7, 11) is 0. The highest BCUT2D eigenvalue weighted by atomic mass is 16.6. The summed E-state index contributed by atoms with van der Waals surface area (Å²) in [6.45, 7) is 9.92. The molecular formula is C18H28N2O4. The maximum atomic E-state index is 11.7. The summed E-state index contributed by atoms with van der Waals surface area (Å²) in [6, 6.07) is 7.85. The van der Waals surface area contributed by atoms with Crippen molar-refractivity contribution in [1.82, 2.24) is 10.9 Å². The van der Waals surface area contributed by atoms with E-state index in [1.165, 1.54) is 0 Å². The summed E-state index contributed by atoms with van der Waals surface area (Å²) in [5.74, 6) is -0.374. The second-order valence-electron chi connectivity index (χ2n) is 6.66. The predicted octanol–water partition coefficient (Wildman–Crippen LogP) is 2.96. The van der Waals surface area contributed by atoms with Crippen molar-refractivity contribution in [2.45, 2.75) is 53.2 Å². The molecule has 1 atom stereocenters. The van der Waals surface area contributed by atoms with Crippen molar-refractivity contribution >= 4 is 12.1 Å². The van der Waals surface area contributed by atoms with Gasteiger partial charge in [0.15, 0.2) is 0 Å². The van der Waals surface area contributed by atoms with Gasteiger partial charge in [-0.05, 0) is 45.2 Å². The highest BCUT2D eigenvalue weighted by Gasteiger charge is 2.16. The zero-order chi connectivity index (χ0) is 18.2. The van der Waals surface area contributed by atoms with Crippen LogP contribution >= 0.6 is 0 Å². The van der Waals surface area contributed by atoms with E-state index < -0.39 is 11.7 Å². The lowest BCUT2D eigenvalue weighted by Gasteiger charge is -2.19. The number of hydrazine groups is 1. The van der Waals surface area contributed by atoms with E-state index in [4.69, 9.17) is 9.47 Å². The van der Waals surface area contributed by atoms with E-state index >= 15 is 0 Å². The number of benzene rings is 1. The monoisotopic (exact) mass is 336 g/mol. The second kappa shape index (κ2) is 9.27. The van der Waals surface area contributed by atoms with Crippen molar-refractivity contribution in [3.05, 3.63) is 35.4 Å². The zero-order valence-electron chi connectivity index (χ0n) is 15.1.